The average Bonchev–Trinajstić information content (AvgIpc) is 2.90. The Balaban J connectivity index is 2.05. The lowest BCUT2D eigenvalue weighted by Gasteiger charge is -2.33. The molecule has 1 atom stereocenters. The zero-order chi connectivity index (χ0) is 28.6. The lowest BCUT2D eigenvalue weighted by molar-refractivity contribution is -0.140. The van der Waals surface area contributed by atoms with E-state index < -0.39 is 28.5 Å². The zero-order valence-corrected chi connectivity index (χ0v) is 24.3. The van der Waals surface area contributed by atoms with Gasteiger partial charge in [-0.1, -0.05) is 59.6 Å². The molecule has 0 aromatic heterocycles. The normalized spacial score (nSPS) is 11.9. The van der Waals surface area contributed by atoms with Crippen LogP contribution >= 0.6 is 23.2 Å². The van der Waals surface area contributed by atoms with Crippen LogP contribution in [0.15, 0.2) is 72.8 Å². The number of ether oxygens (including phenoxy) is 1. The Morgan fingerprint density at radius 3 is 2.23 bits per heavy atom. The molecule has 0 bridgehead atoms. The minimum Gasteiger partial charge on any atom is -0.497 e. The quantitative estimate of drug-likeness (QED) is 0.333. The number of rotatable bonds is 12. The van der Waals surface area contributed by atoms with Gasteiger partial charge in [-0.25, -0.2) is 8.42 Å². The fourth-order valence-electron chi connectivity index (χ4n) is 4.04. The number of anilines is 1. The second kappa shape index (κ2) is 13.7. The van der Waals surface area contributed by atoms with Gasteiger partial charge >= 0.3 is 0 Å². The van der Waals surface area contributed by atoms with Gasteiger partial charge in [-0.05, 0) is 54.4 Å². The first-order valence-corrected chi connectivity index (χ1v) is 14.8. The van der Waals surface area contributed by atoms with Crippen LogP contribution in [0.5, 0.6) is 5.75 Å². The molecule has 0 aliphatic rings. The van der Waals surface area contributed by atoms with Crippen LogP contribution in [0.25, 0.3) is 0 Å². The van der Waals surface area contributed by atoms with Gasteiger partial charge in [0.2, 0.25) is 21.8 Å². The molecule has 0 unspecified atom stereocenters. The Kier molecular flexibility index (Phi) is 10.6. The number of hydrogen-bond donors (Lipinski definition) is 1. The number of methoxy groups -OCH3 is 1. The van der Waals surface area contributed by atoms with Crippen LogP contribution in [-0.4, -0.2) is 57.6 Å². The SMILES string of the molecule is CCNC(=O)[C@H](Cc1ccccc1)N(Cc1ccc(Cl)cc1Cl)C(=O)CN(c1ccc(OC)cc1)S(C)(=O)=O. The minimum absolute atomic E-state index is 0.0380. The molecule has 0 saturated heterocycles. The van der Waals surface area contributed by atoms with Crippen LogP contribution in [-0.2, 0) is 32.6 Å². The minimum atomic E-state index is -3.87. The van der Waals surface area contributed by atoms with Gasteiger partial charge in [-0.15, -0.1) is 0 Å². The summed E-state index contributed by atoms with van der Waals surface area (Å²) in [4.78, 5) is 28.7. The Labute approximate surface area is 239 Å². The lowest BCUT2D eigenvalue weighted by atomic mass is 10.0. The van der Waals surface area contributed by atoms with Gasteiger partial charge in [0.15, 0.2) is 0 Å². The van der Waals surface area contributed by atoms with Crippen molar-refractivity contribution in [1.82, 2.24) is 10.2 Å². The summed E-state index contributed by atoms with van der Waals surface area (Å²) in [5, 5.41) is 3.55. The number of sulfonamides is 1. The van der Waals surface area contributed by atoms with Crippen molar-refractivity contribution in [2.24, 2.45) is 0 Å². The van der Waals surface area contributed by atoms with Crippen molar-refractivity contribution >= 4 is 50.7 Å². The van der Waals surface area contributed by atoms with E-state index in [0.29, 0.717) is 27.9 Å². The molecular weight excluding hydrogens is 561 g/mol. The van der Waals surface area contributed by atoms with Crippen molar-refractivity contribution in [1.29, 1.82) is 0 Å². The molecule has 0 radical (unpaired) electrons. The first-order chi connectivity index (χ1) is 18.5. The monoisotopic (exact) mass is 591 g/mol. The average molecular weight is 593 g/mol. The van der Waals surface area contributed by atoms with Crippen molar-refractivity contribution in [3.63, 3.8) is 0 Å². The van der Waals surface area contributed by atoms with E-state index in [9.17, 15) is 18.0 Å². The highest BCUT2D eigenvalue weighted by molar-refractivity contribution is 7.92. The van der Waals surface area contributed by atoms with Crippen LogP contribution in [0.2, 0.25) is 10.0 Å². The Bertz CT molecular complexity index is 1390. The van der Waals surface area contributed by atoms with Crippen molar-refractivity contribution in [3.8, 4) is 5.75 Å². The molecule has 2 amide bonds. The number of nitrogens with one attached hydrogen (secondary N) is 1. The first kappa shape index (κ1) is 30.3. The number of nitrogens with zero attached hydrogens (tertiary/aromatic N) is 2. The second-order valence-corrected chi connectivity index (χ2v) is 11.6. The molecule has 1 N–H and O–H groups in total. The van der Waals surface area contributed by atoms with Gasteiger partial charge in [0, 0.05) is 29.6 Å². The molecule has 0 heterocycles. The van der Waals surface area contributed by atoms with Crippen LogP contribution in [0.4, 0.5) is 5.69 Å². The first-order valence-electron chi connectivity index (χ1n) is 12.2. The highest BCUT2D eigenvalue weighted by Gasteiger charge is 2.33. The fourth-order valence-corrected chi connectivity index (χ4v) is 5.36. The maximum Gasteiger partial charge on any atom is 0.244 e. The molecule has 8 nitrogen and oxygen atoms in total. The van der Waals surface area contributed by atoms with Gasteiger partial charge in [-0.2, -0.15) is 0 Å². The molecule has 3 rings (SSSR count). The zero-order valence-electron chi connectivity index (χ0n) is 21.9. The van der Waals surface area contributed by atoms with E-state index in [4.69, 9.17) is 27.9 Å². The topological polar surface area (TPSA) is 96.0 Å². The third-order valence-electron chi connectivity index (χ3n) is 6.02. The summed E-state index contributed by atoms with van der Waals surface area (Å²) in [5.41, 5.74) is 1.68. The largest absolute Gasteiger partial charge is 0.497 e. The number of carbonyl (C=O) groups excluding carboxylic acids is 2. The second-order valence-electron chi connectivity index (χ2n) is 8.83. The molecule has 0 aliphatic carbocycles. The maximum atomic E-state index is 14.0. The Hall–Kier alpha value is -3.27. The van der Waals surface area contributed by atoms with Gasteiger partial charge in [0.05, 0.1) is 19.1 Å². The summed E-state index contributed by atoms with van der Waals surface area (Å²) in [6.45, 7) is 1.58. The third kappa shape index (κ3) is 8.36. The van der Waals surface area contributed by atoms with Crippen molar-refractivity contribution in [2.45, 2.75) is 25.9 Å². The van der Waals surface area contributed by atoms with Crippen LogP contribution in [0.3, 0.4) is 0 Å². The summed E-state index contributed by atoms with van der Waals surface area (Å²) < 4.78 is 31.8. The van der Waals surface area contributed by atoms with Gasteiger partial charge in [0.25, 0.3) is 0 Å². The summed E-state index contributed by atoms with van der Waals surface area (Å²) >= 11 is 12.5. The Morgan fingerprint density at radius 1 is 1.00 bits per heavy atom. The highest BCUT2D eigenvalue weighted by Crippen LogP contribution is 2.26. The molecule has 3 aromatic carbocycles. The van der Waals surface area contributed by atoms with Gasteiger partial charge in [0.1, 0.15) is 18.3 Å². The molecule has 0 fully saturated rings. The van der Waals surface area contributed by atoms with E-state index in [1.54, 1.807) is 49.4 Å². The predicted octanol–water partition coefficient (Wildman–Crippen LogP) is 4.54. The molecule has 39 heavy (non-hydrogen) atoms. The van der Waals surface area contributed by atoms with Gasteiger partial charge in [-0.3, -0.25) is 13.9 Å². The molecule has 11 heteroatoms. The maximum absolute atomic E-state index is 14.0. The number of benzene rings is 3. The molecule has 0 saturated carbocycles. The standard InChI is InChI=1S/C28H31Cl2N3O5S/c1-4-31-28(35)26(16-20-8-6-5-7-9-20)32(18-21-10-11-22(29)17-25(21)30)27(34)19-33(39(3,36)37)23-12-14-24(38-2)15-13-23/h5-15,17,26H,4,16,18-19H2,1-3H3,(H,31,35)/t26-/m0/s1. The summed E-state index contributed by atoms with van der Waals surface area (Å²) in [6.07, 6.45) is 1.24. The van der Waals surface area contributed by atoms with Crippen molar-refractivity contribution in [3.05, 3.63) is 94.0 Å². The molecular formula is C28H31Cl2N3O5S. The molecule has 0 spiro atoms. The predicted molar refractivity (Wildman–Crippen MR) is 155 cm³/mol. The molecule has 0 aliphatic heterocycles. The number of amides is 2. The molecule has 208 valence electrons. The van der Waals surface area contributed by atoms with Crippen molar-refractivity contribution < 1.29 is 22.7 Å². The number of halogens is 2. The van der Waals surface area contributed by atoms with E-state index in [1.807, 2.05) is 30.3 Å². The molecule has 3 aromatic rings. The van der Waals surface area contributed by atoms with Crippen LogP contribution in [0.1, 0.15) is 18.1 Å². The number of carbonyl (C=O) groups is 2. The van der Waals surface area contributed by atoms with E-state index in [2.05, 4.69) is 5.32 Å². The van der Waals surface area contributed by atoms with E-state index in [-0.39, 0.29) is 24.6 Å². The number of likely N-dealkylation sites (N-methyl/N-ethyl adjacent to an activating group) is 1. The summed E-state index contributed by atoms with van der Waals surface area (Å²) in [5.74, 6) is -0.402. The Morgan fingerprint density at radius 2 is 1.67 bits per heavy atom. The fraction of sp³-hybridized carbons (Fsp3) is 0.286. The summed E-state index contributed by atoms with van der Waals surface area (Å²) in [7, 11) is -2.37. The van der Waals surface area contributed by atoms with E-state index in [1.165, 1.54) is 12.0 Å². The van der Waals surface area contributed by atoms with Crippen molar-refractivity contribution in [2.75, 3.05) is 30.8 Å². The summed E-state index contributed by atoms with van der Waals surface area (Å²) in [6, 6.07) is 19.5. The third-order valence-corrected chi connectivity index (χ3v) is 7.75. The van der Waals surface area contributed by atoms with Crippen LogP contribution in [0, 0.1) is 0 Å². The highest BCUT2D eigenvalue weighted by atomic mass is 35.5. The number of hydrogen-bond acceptors (Lipinski definition) is 5. The lowest BCUT2D eigenvalue weighted by Crippen LogP contribution is -2.53. The van der Waals surface area contributed by atoms with E-state index in [0.717, 1.165) is 16.1 Å². The van der Waals surface area contributed by atoms with Gasteiger partial charge < -0.3 is 15.0 Å². The smallest absolute Gasteiger partial charge is 0.244 e. The van der Waals surface area contributed by atoms with E-state index >= 15 is 0 Å². The van der Waals surface area contributed by atoms with Crippen LogP contribution < -0.4 is 14.4 Å².